The highest BCUT2D eigenvalue weighted by Gasteiger charge is 2.34. The van der Waals surface area contributed by atoms with E-state index in [4.69, 9.17) is 0 Å². The Bertz CT molecular complexity index is 1040. The van der Waals surface area contributed by atoms with Gasteiger partial charge in [-0.15, -0.1) is 11.8 Å². The topological polar surface area (TPSA) is 70.7 Å². The summed E-state index contributed by atoms with van der Waals surface area (Å²) in [7, 11) is 0. The van der Waals surface area contributed by atoms with Crippen LogP contribution in [0.1, 0.15) is 44.0 Å². The molecule has 2 heterocycles. The van der Waals surface area contributed by atoms with E-state index in [0.29, 0.717) is 26.9 Å². The SMILES string of the molecule is Cc1nc2sc(C(C)(C)O)nn2c1-c1ccc(C(F)(F)F)c(SCC(C)(C)O)c1. The van der Waals surface area contributed by atoms with E-state index in [-0.39, 0.29) is 10.6 Å². The van der Waals surface area contributed by atoms with Crippen LogP contribution in [-0.4, -0.2) is 36.2 Å². The van der Waals surface area contributed by atoms with E-state index in [9.17, 15) is 23.4 Å². The summed E-state index contributed by atoms with van der Waals surface area (Å²) >= 11 is 2.19. The van der Waals surface area contributed by atoms with E-state index in [1.165, 1.54) is 23.5 Å². The van der Waals surface area contributed by atoms with Gasteiger partial charge in [-0.05, 0) is 46.8 Å². The predicted octanol–water partition coefficient (Wildman–Crippen LogP) is 4.88. The van der Waals surface area contributed by atoms with Crippen LogP contribution in [0.3, 0.4) is 0 Å². The molecule has 0 amide bonds. The second-order valence-corrected chi connectivity index (χ2v) is 9.99. The summed E-state index contributed by atoms with van der Waals surface area (Å²) in [5, 5.41) is 25.0. The van der Waals surface area contributed by atoms with Crippen molar-refractivity contribution in [1.82, 2.24) is 14.6 Å². The number of aromatic nitrogens is 3. The third-order valence-corrected chi connectivity index (χ3v) is 6.76. The molecule has 0 atom stereocenters. The Labute approximate surface area is 174 Å². The first-order valence-electron chi connectivity index (χ1n) is 8.82. The first-order valence-corrected chi connectivity index (χ1v) is 10.6. The fourth-order valence-electron chi connectivity index (χ4n) is 2.71. The Morgan fingerprint density at radius 2 is 1.79 bits per heavy atom. The third-order valence-electron chi connectivity index (χ3n) is 4.04. The van der Waals surface area contributed by atoms with Crippen molar-refractivity contribution >= 4 is 28.1 Å². The van der Waals surface area contributed by atoms with Crippen molar-refractivity contribution in [1.29, 1.82) is 0 Å². The largest absolute Gasteiger partial charge is 0.417 e. The maximum atomic E-state index is 13.5. The van der Waals surface area contributed by atoms with Crippen molar-refractivity contribution in [3.05, 3.63) is 34.5 Å². The van der Waals surface area contributed by atoms with E-state index >= 15 is 0 Å². The van der Waals surface area contributed by atoms with Crippen LogP contribution in [0.2, 0.25) is 0 Å². The van der Waals surface area contributed by atoms with Gasteiger partial charge in [0.05, 0.1) is 22.6 Å². The zero-order valence-electron chi connectivity index (χ0n) is 16.6. The molecule has 0 spiro atoms. The summed E-state index contributed by atoms with van der Waals surface area (Å²) in [6, 6.07) is 3.90. The number of hydrogen-bond donors (Lipinski definition) is 2. The highest BCUT2D eigenvalue weighted by atomic mass is 32.2. The zero-order chi connectivity index (χ0) is 21.8. The second kappa shape index (κ2) is 7.26. The maximum absolute atomic E-state index is 13.5. The first kappa shape index (κ1) is 22.1. The van der Waals surface area contributed by atoms with Gasteiger partial charge in [0.25, 0.3) is 0 Å². The summed E-state index contributed by atoms with van der Waals surface area (Å²) in [6.07, 6.45) is -4.50. The zero-order valence-corrected chi connectivity index (χ0v) is 18.3. The van der Waals surface area contributed by atoms with Crippen molar-refractivity contribution in [3.8, 4) is 11.3 Å². The van der Waals surface area contributed by atoms with Crippen molar-refractivity contribution in [2.75, 3.05) is 5.75 Å². The maximum Gasteiger partial charge on any atom is 0.417 e. The standard InChI is InChI=1S/C19H22F3N3O2S2/c1-10-14(25-16(23-10)29-15(24-25)18(4,5)27)11-6-7-12(19(20,21)22)13(8-11)28-9-17(2,3)26/h6-8,26-27H,9H2,1-5H3. The van der Waals surface area contributed by atoms with Crippen molar-refractivity contribution < 1.29 is 23.4 Å². The molecule has 2 N–H and O–H groups in total. The molecule has 0 saturated carbocycles. The molecule has 0 radical (unpaired) electrons. The third kappa shape index (κ3) is 4.76. The molecule has 3 aromatic rings. The molecule has 0 fully saturated rings. The molecule has 2 aromatic heterocycles. The number of thioether (sulfide) groups is 1. The Morgan fingerprint density at radius 1 is 1.14 bits per heavy atom. The van der Waals surface area contributed by atoms with Gasteiger partial charge >= 0.3 is 6.18 Å². The van der Waals surface area contributed by atoms with E-state index in [2.05, 4.69) is 10.1 Å². The molecule has 10 heteroatoms. The van der Waals surface area contributed by atoms with Gasteiger partial charge in [-0.25, -0.2) is 9.50 Å². The molecule has 0 unspecified atom stereocenters. The van der Waals surface area contributed by atoms with Crippen LogP contribution >= 0.6 is 23.1 Å². The molecule has 0 aliphatic rings. The van der Waals surface area contributed by atoms with Gasteiger partial charge in [0.2, 0.25) is 4.96 Å². The average molecular weight is 446 g/mol. The number of fused-ring (bicyclic) bond motifs is 1. The minimum atomic E-state index is -4.50. The Balaban J connectivity index is 2.13. The van der Waals surface area contributed by atoms with E-state index < -0.39 is 22.9 Å². The minimum Gasteiger partial charge on any atom is -0.390 e. The number of aliphatic hydroxyl groups is 2. The normalized spacial score (nSPS) is 13.4. The number of hydrogen-bond acceptors (Lipinski definition) is 6. The lowest BCUT2D eigenvalue weighted by Crippen LogP contribution is -2.22. The fraction of sp³-hybridized carbons (Fsp3) is 0.474. The molecule has 0 saturated heterocycles. The van der Waals surface area contributed by atoms with Gasteiger partial charge < -0.3 is 10.2 Å². The second-order valence-electron chi connectivity index (χ2n) is 8.02. The molecule has 5 nitrogen and oxygen atoms in total. The van der Waals surface area contributed by atoms with Gasteiger partial charge in [-0.2, -0.15) is 18.3 Å². The number of nitrogens with zero attached hydrogens (tertiary/aromatic N) is 3. The van der Waals surface area contributed by atoms with E-state index in [0.717, 1.165) is 17.8 Å². The molecule has 0 bridgehead atoms. The molecule has 1 aromatic carbocycles. The summed E-state index contributed by atoms with van der Waals surface area (Å²) in [5.74, 6) is 0.111. The van der Waals surface area contributed by atoms with Crippen molar-refractivity contribution in [2.45, 2.75) is 56.9 Å². The highest BCUT2D eigenvalue weighted by molar-refractivity contribution is 7.99. The van der Waals surface area contributed by atoms with Crippen LogP contribution in [0.15, 0.2) is 23.1 Å². The van der Waals surface area contributed by atoms with Crippen LogP contribution in [0.5, 0.6) is 0 Å². The Kier molecular flexibility index (Phi) is 5.53. The van der Waals surface area contributed by atoms with Gasteiger partial charge in [-0.3, -0.25) is 0 Å². The van der Waals surface area contributed by atoms with E-state index in [1.54, 1.807) is 39.1 Å². The van der Waals surface area contributed by atoms with E-state index in [1.807, 2.05) is 0 Å². The Morgan fingerprint density at radius 3 is 2.34 bits per heavy atom. The van der Waals surface area contributed by atoms with Gasteiger partial charge in [0.15, 0.2) is 0 Å². The molecule has 3 rings (SSSR count). The molecule has 29 heavy (non-hydrogen) atoms. The van der Waals surface area contributed by atoms with Crippen LogP contribution < -0.4 is 0 Å². The number of imidazole rings is 1. The van der Waals surface area contributed by atoms with Crippen LogP contribution in [-0.2, 0) is 11.8 Å². The summed E-state index contributed by atoms with van der Waals surface area (Å²) in [4.78, 5) is 5.04. The number of rotatable bonds is 5. The number of alkyl halides is 3. The molecule has 0 aliphatic heterocycles. The molecule has 0 aliphatic carbocycles. The lowest BCUT2D eigenvalue weighted by molar-refractivity contribution is -0.139. The number of aryl methyl sites for hydroxylation is 1. The minimum absolute atomic E-state index is 0.0319. The lowest BCUT2D eigenvalue weighted by atomic mass is 10.1. The van der Waals surface area contributed by atoms with Gasteiger partial charge in [0, 0.05) is 16.2 Å². The highest BCUT2D eigenvalue weighted by Crippen LogP contribution is 2.40. The Hall–Kier alpha value is -1.62. The molecular weight excluding hydrogens is 423 g/mol. The smallest absolute Gasteiger partial charge is 0.390 e. The average Bonchev–Trinajstić information content (AvgIpc) is 3.07. The van der Waals surface area contributed by atoms with Crippen molar-refractivity contribution in [2.24, 2.45) is 0 Å². The van der Waals surface area contributed by atoms with Crippen molar-refractivity contribution in [3.63, 3.8) is 0 Å². The summed E-state index contributed by atoms with van der Waals surface area (Å²) in [5.41, 5.74) is -1.27. The number of halogens is 3. The predicted molar refractivity (Wildman–Crippen MR) is 108 cm³/mol. The monoisotopic (exact) mass is 445 g/mol. The van der Waals surface area contributed by atoms with Crippen LogP contribution in [0.25, 0.3) is 16.2 Å². The van der Waals surface area contributed by atoms with Gasteiger partial charge in [-0.1, -0.05) is 17.4 Å². The number of benzene rings is 1. The molecule has 158 valence electrons. The summed E-state index contributed by atoms with van der Waals surface area (Å²) in [6.45, 7) is 8.09. The first-order chi connectivity index (χ1) is 13.2. The summed E-state index contributed by atoms with van der Waals surface area (Å²) < 4.78 is 42.0. The van der Waals surface area contributed by atoms with Gasteiger partial charge in [0.1, 0.15) is 10.6 Å². The quantitative estimate of drug-likeness (QED) is 0.548. The lowest BCUT2D eigenvalue weighted by Gasteiger charge is -2.19. The van der Waals surface area contributed by atoms with Crippen LogP contribution in [0.4, 0.5) is 13.2 Å². The molecular formula is C19H22F3N3O2S2. The fourth-order valence-corrected chi connectivity index (χ4v) is 4.71. The van der Waals surface area contributed by atoms with Crippen LogP contribution in [0, 0.1) is 6.92 Å².